The Balaban J connectivity index is 1.17. The highest BCUT2D eigenvalue weighted by atomic mass is 16.3. The molecule has 0 saturated carbocycles. The lowest BCUT2D eigenvalue weighted by Crippen LogP contribution is -2.00. The number of furan rings is 1. The number of nitrogens with zero attached hydrogens (tertiary/aromatic N) is 4. The number of fused-ring (bicyclic) bond motifs is 6. The van der Waals surface area contributed by atoms with E-state index in [0.29, 0.717) is 45.0 Å². The van der Waals surface area contributed by atoms with Crippen LogP contribution in [0.4, 0.5) is 0 Å². The van der Waals surface area contributed by atoms with E-state index in [1.807, 2.05) is 141 Å². The molecule has 10 aromatic rings. The molecule has 0 spiro atoms. The summed E-state index contributed by atoms with van der Waals surface area (Å²) in [6, 6.07) is 43.0. The average Bonchev–Trinajstić information content (AvgIpc) is 3.80. The topological polar surface area (TPSA) is 117 Å². The summed E-state index contributed by atoms with van der Waals surface area (Å²) in [7, 11) is 0. The average molecular weight is 731 g/mol. The summed E-state index contributed by atoms with van der Waals surface area (Å²) in [6.45, 7) is 5.78. The standard InChI is InChI=1S/C48H34N4O4/c1-26-22-37(54)44-41(27(26)2)42-28(3)36(53)25-38(55)45(42)52(44)33-17-10-16-31(23-33)32-20-21-39-35(24-32)43-34(18-11-19-40(43)56-39)48-50-46(29-12-6-4-7-13-29)49-47(51-48)30-14-8-5-9-15-30/h4-25,53-55H,1-3H3. The van der Waals surface area contributed by atoms with Gasteiger partial charge in [-0.2, -0.15) is 0 Å². The molecular formula is C48H34N4O4. The molecule has 0 saturated heterocycles. The minimum atomic E-state index is -0.0795. The van der Waals surface area contributed by atoms with Gasteiger partial charge in [-0.3, -0.25) is 0 Å². The van der Waals surface area contributed by atoms with Crippen molar-refractivity contribution >= 4 is 43.7 Å². The van der Waals surface area contributed by atoms with Crippen LogP contribution in [0.15, 0.2) is 138 Å². The zero-order valence-corrected chi connectivity index (χ0v) is 30.7. The van der Waals surface area contributed by atoms with Gasteiger partial charge in [-0.15, -0.1) is 0 Å². The smallest absolute Gasteiger partial charge is 0.164 e. The summed E-state index contributed by atoms with van der Waals surface area (Å²) >= 11 is 0. The maximum Gasteiger partial charge on any atom is 0.164 e. The molecule has 0 amide bonds. The molecule has 0 aliphatic carbocycles. The van der Waals surface area contributed by atoms with E-state index >= 15 is 0 Å². The lowest BCUT2D eigenvalue weighted by molar-refractivity contribution is 0.451. The Morgan fingerprint density at radius 3 is 1.75 bits per heavy atom. The Labute approximate surface area is 321 Å². The predicted octanol–water partition coefficient (Wildman–Crippen LogP) is 11.6. The van der Waals surface area contributed by atoms with E-state index in [1.165, 1.54) is 6.07 Å². The summed E-state index contributed by atoms with van der Waals surface area (Å²) in [4.78, 5) is 14.9. The van der Waals surface area contributed by atoms with Gasteiger partial charge >= 0.3 is 0 Å². The van der Waals surface area contributed by atoms with E-state index in [-0.39, 0.29) is 17.2 Å². The van der Waals surface area contributed by atoms with Gasteiger partial charge in [0.1, 0.15) is 28.4 Å². The number of rotatable bonds is 5. The van der Waals surface area contributed by atoms with Crippen molar-refractivity contribution in [1.82, 2.24) is 19.5 Å². The number of aromatic nitrogens is 4. The SMILES string of the molecule is Cc1cc(O)c2c(c1C)c1c(C)c(O)cc(O)c1n2-c1cccc(-c2ccc3oc4cccc(-c5nc(-c6ccccc6)nc(-c6ccccc6)n5)c4c3c2)c1. The lowest BCUT2D eigenvalue weighted by atomic mass is 9.99. The maximum atomic E-state index is 11.4. The third kappa shape index (κ3) is 5.10. The van der Waals surface area contributed by atoms with E-state index in [0.717, 1.165) is 66.4 Å². The molecular weight excluding hydrogens is 697 g/mol. The molecule has 3 heterocycles. The van der Waals surface area contributed by atoms with Crippen molar-refractivity contribution < 1.29 is 19.7 Å². The van der Waals surface area contributed by atoms with Crippen LogP contribution in [-0.2, 0) is 0 Å². The van der Waals surface area contributed by atoms with Gasteiger partial charge in [0, 0.05) is 55.6 Å². The van der Waals surface area contributed by atoms with E-state index in [9.17, 15) is 15.3 Å². The molecule has 0 atom stereocenters. The van der Waals surface area contributed by atoms with Crippen LogP contribution in [-0.4, -0.2) is 34.8 Å². The van der Waals surface area contributed by atoms with Gasteiger partial charge in [-0.1, -0.05) is 91.0 Å². The van der Waals surface area contributed by atoms with E-state index in [4.69, 9.17) is 19.4 Å². The van der Waals surface area contributed by atoms with E-state index in [2.05, 4.69) is 6.07 Å². The van der Waals surface area contributed by atoms with Crippen LogP contribution in [0.2, 0.25) is 0 Å². The van der Waals surface area contributed by atoms with E-state index in [1.54, 1.807) is 6.07 Å². The number of aromatic hydroxyl groups is 3. The molecule has 56 heavy (non-hydrogen) atoms. The third-order valence-electron chi connectivity index (χ3n) is 10.9. The number of hydrogen-bond donors (Lipinski definition) is 3. The Kier molecular flexibility index (Phi) is 7.44. The molecule has 8 heteroatoms. The summed E-state index contributed by atoms with van der Waals surface area (Å²) in [5.41, 5.74) is 10.2. The first kappa shape index (κ1) is 33.1. The van der Waals surface area contributed by atoms with Crippen molar-refractivity contribution in [1.29, 1.82) is 0 Å². The monoisotopic (exact) mass is 730 g/mol. The maximum absolute atomic E-state index is 11.4. The number of phenols is 3. The number of phenolic OH excluding ortho intramolecular Hbond substituents is 3. The molecule has 0 bridgehead atoms. The van der Waals surface area contributed by atoms with Crippen LogP contribution in [0.25, 0.3) is 94.7 Å². The van der Waals surface area contributed by atoms with Gasteiger partial charge in [0.25, 0.3) is 0 Å². The quantitative estimate of drug-likeness (QED) is 0.161. The molecule has 3 aromatic heterocycles. The first-order chi connectivity index (χ1) is 27.2. The molecule has 0 fully saturated rings. The predicted molar refractivity (Wildman–Crippen MR) is 222 cm³/mol. The molecule has 7 aromatic carbocycles. The van der Waals surface area contributed by atoms with Crippen LogP contribution >= 0.6 is 0 Å². The van der Waals surface area contributed by atoms with Crippen molar-refractivity contribution in [3.63, 3.8) is 0 Å². The highest BCUT2D eigenvalue weighted by molar-refractivity contribution is 6.17. The molecule has 0 radical (unpaired) electrons. The molecule has 0 aliphatic heterocycles. The van der Waals surface area contributed by atoms with Gasteiger partial charge in [-0.25, -0.2) is 15.0 Å². The van der Waals surface area contributed by atoms with E-state index < -0.39 is 0 Å². The van der Waals surface area contributed by atoms with Crippen molar-refractivity contribution in [3.05, 3.63) is 150 Å². The zero-order chi connectivity index (χ0) is 38.2. The Bertz CT molecular complexity index is 3070. The van der Waals surface area contributed by atoms with Crippen LogP contribution in [0.5, 0.6) is 17.2 Å². The second-order valence-electron chi connectivity index (χ2n) is 14.2. The number of hydrogen-bond acceptors (Lipinski definition) is 7. The van der Waals surface area contributed by atoms with Gasteiger partial charge in [0.15, 0.2) is 17.5 Å². The van der Waals surface area contributed by atoms with Crippen molar-refractivity contribution in [2.75, 3.05) is 0 Å². The first-order valence-electron chi connectivity index (χ1n) is 18.4. The zero-order valence-electron chi connectivity index (χ0n) is 30.7. The van der Waals surface area contributed by atoms with Gasteiger partial charge in [0.05, 0.1) is 11.0 Å². The van der Waals surface area contributed by atoms with Gasteiger partial charge in [0.2, 0.25) is 0 Å². The lowest BCUT2D eigenvalue weighted by Gasteiger charge is -2.13. The summed E-state index contributed by atoms with van der Waals surface area (Å²) in [6.07, 6.45) is 0. The Hall–Kier alpha value is -7.45. The van der Waals surface area contributed by atoms with Crippen molar-refractivity contribution in [2.45, 2.75) is 20.8 Å². The van der Waals surface area contributed by atoms with Crippen LogP contribution in [0.1, 0.15) is 16.7 Å². The minimum Gasteiger partial charge on any atom is -0.508 e. The summed E-state index contributed by atoms with van der Waals surface area (Å²) in [5.74, 6) is 1.70. The van der Waals surface area contributed by atoms with Crippen LogP contribution in [0.3, 0.4) is 0 Å². The van der Waals surface area contributed by atoms with Gasteiger partial charge < -0.3 is 24.3 Å². The minimum absolute atomic E-state index is 0.00653. The number of aryl methyl sites for hydroxylation is 3. The molecule has 8 nitrogen and oxygen atoms in total. The highest BCUT2D eigenvalue weighted by Gasteiger charge is 2.25. The summed E-state index contributed by atoms with van der Waals surface area (Å²) in [5, 5.41) is 36.9. The highest BCUT2D eigenvalue weighted by Crippen LogP contribution is 2.47. The normalized spacial score (nSPS) is 11.7. The fourth-order valence-corrected chi connectivity index (χ4v) is 8.01. The molecule has 0 unspecified atom stereocenters. The molecule has 10 rings (SSSR count). The Morgan fingerprint density at radius 2 is 1.05 bits per heavy atom. The molecule has 3 N–H and O–H groups in total. The Morgan fingerprint density at radius 1 is 0.464 bits per heavy atom. The molecule has 270 valence electrons. The second kappa shape index (κ2) is 12.6. The van der Waals surface area contributed by atoms with Crippen LogP contribution < -0.4 is 0 Å². The largest absolute Gasteiger partial charge is 0.508 e. The summed E-state index contributed by atoms with van der Waals surface area (Å²) < 4.78 is 8.32. The van der Waals surface area contributed by atoms with Gasteiger partial charge in [-0.05, 0) is 79.4 Å². The molecule has 0 aliphatic rings. The fourth-order valence-electron chi connectivity index (χ4n) is 8.01. The second-order valence-corrected chi connectivity index (χ2v) is 14.2. The first-order valence-corrected chi connectivity index (χ1v) is 18.4. The number of benzene rings is 7. The van der Waals surface area contributed by atoms with Crippen molar-refractivity contribution in [2.24, 2.45) is 0 Å². The van der Waals surface area contributed by atoms with Crippen molar-refractivity contribution in [3.8, 4) is 68.2 Å². The fraction of sp³-hybridized carbons (Fsp3) is 0.0625. The third-order valence-corrected chi connectivity index (χ3v) is 10.9. The van der Waals surface area contributed by atoms with Crippen LogP contribution in [0, 0.1) is 20.8 Å².